The molecule has 0 unspecified atom stereocenters. The predicted octanol–water partition coefficient (Wildman–Crippen LogP) is 3.95. The van der Waals surface area contributed by atoms with Crippen molar-refractivity contribution in [3.63, 3.8) is 0 Å². The number of ketones is 1. The lowest BCUT2D eigenvalue weighted by Crippen LogP contribution is -2.02. The van der Waals surface area contributed by atoms with Crippen molar-refractivity contribution in [1.29, 1.82) is 0 Å². The van der Waals surface area contributed by atoms with E-state index in [-0.39, 0.29) is 11.6 Å². The lowest BCUT2D eigenvalue weighted by molar-refractivity contribution is 0.0983. The topological polar surface area (TPSA) is 17.1 Å². The molecular formula is C16H15FO. The first-order chi connectivity index (χ1) is 8.66. The Kier molecular flexibility index (Phi) is 3.88. The fourth-order valence-corrected chi connectivity index (χ4v) is 1.93. The molecule has 0 saturated carbocycles. The van der Waals surface area contributed by atoms with Crippen LogP contribution in [0.15, 0.2) is 48.5 Å². The maximum Gasteiger partial charge on any atom is 0.163 e. The average molecular weight is 242 g/mol. The van der Waals surface area contributed by atoms with Gasteiger partial charge in [-0.25, -0.2) is 4.39 Å². The van der Waals surface area contributed by atoms with Crippen LogP contribution in [0.3, 0.4) is 0 Å². The molecule has 0 atom stereocenters. The van der Waals surface area contributed by atoms with E-state index in [1.165, 1.54) is 12.1 Å². The number of benzene rings is 2. The van der Waals surface area contributed by atoms with Gasteiger partial charge in [0.1, 0.15) is 5.82 Å². The van der Waals surface area contributed by atoms with Crippen molar-refractivity contribution in [3.8, 4) is 0 Å². The smallest absolute Gasteiger partial charge is 0.163 e. The highest BCUT2D eigenvalue weighted by atomic mass is 19.1. The zero-order chi connectivity index (χ0) is 13.0. The van der Waals surface area contributed by atoms with Crippen molar-refractivity contribution >= 4 is 5.78 Å². The van der Waals surface area contributed by atoms with E-state index in [1.54, 1.807) is 18.2 Å². The number of halogens is 1. The first-order valence-electron chi connectivity index (χ1n) is 6.00. The van der Waals surface area contributed by atoms with Crippen molar-refractivity contribution in [2.75, 3.05) is 0 Å². The van der Waals surface area contributed by atoms with E-state index in [9.17, 15) is 9.18 Å². The summed E-state index contributed by atoms with van der Waals surface area (Å²) in [5.41, 5.74) is 2.64. The Hall–Kier alpha value is -1.96. The van der Waals surface area contributed by atoms with E-state index in [0.717, 1.165) is 11.1 Å². The summed E-state index contributed by atoms with van der Waals surface area (Å²) >= 11 is 0. The van der Waals surface area contributed by atoms with Gasteiger partial charge in [0.2, 0.25) is 0 Å². The van der Waals surface area contributed by atoms with Crippen molar-refractivity contribution in [2.24, 2.45) is 0 Å². The molecule has 0 saturated heterocycles. The molecule has 0 bridgehead atoms. The molecule has 0 heterocycles. The lowest BCUT2D eigenvalue weighted by Gasteiger charge is -2.05. The van der Waals surface area contributed by atoms with Crippen LogP contribution in [0.2, 0.25) is 0 Å². The fraction of sp³-hybridized carbons (Fsp3) is 0.188. The van der Waals surface area contributed by atoms with E-state index in [4.69, 9.17) is 0 Å². The van der Waals surface area contributed by atoms with Gasteiger partial charge in [0.15, 0.2) is 5.78 Å². The van der Waals surface area contributed by atoms with Gasteiger partial charge in [-0.2, -0.15) is 0 Å². The highest BCUT2D eigenvalue weighted by Gasteiger charge is 2.07. The molecule has 2 aromatic rings. The number of aryl methyl sites for hydroxylation is 2. The lowest BCUT2D eigenvalue weighted by atomic mass is 10.00. The summed E-state index contributed by atoms with van der Waals surface area (Å²) < 4.78 is 13.1. The molecule has 0 spiro atoms. The number of hydrogen-bond acceptors (Lipinski definition) is 1. The molecule has 0 N–H and O–H groups in total. The van der Waals surface area contributed by atoms with Crippen LogP contribution in [-0.4, -0.2) is 5.78 Å². The summed E-state index contributed by atoms with van der Waals surface area (Å²) in [7, 11) is 0. The number of carbonyl (C=O) groups is 1. The Bertz CT molecular complexity index is 546. The zero-order valence-electron chi connectivity index (χ0n) is 10.3. The van der Waals surface area contributed by atoms with Crippen molar-refractivity contribution in [2.45, 2.75) is 19.8 Å². The Morgan fingerprint density at radius 1 is 1.11 bits per heavy atom. The third-order valence-corrected chi connectivity index (χ3v) is 3.03. The molecule has 2 aromatic carbocycles. The Morgan fingerprint density at radius 3 is 2.56 bits per heavy atom. The molecule has 0 aliphatic carbocycles. The van der Waals surface area contributed by atoms with E-state index in [2.05, 4.69) is 0 Å². The number of hydrogen-bond donors (Lipinski definition) is 0. The quantitative estimate of drug-likeness (QED) is 0.742. The predicted molar refractivity (Wildman–Crippen MR) is 70.2 cm³/mol. The van der Waals surface area contributed by atoms with E-state index in [1.807, 2.05) is 25.1 Å². The first-order valence-corrected chi connectivity index (χ1v) is 6.00. The molecule has 0 fully saturated rings. The van der Waals surface area contributed by atoms with Crippen molar-refractivity contribution < 1.29 is 9.18 Å². The van der Waals surface area contributed by atoms with Crippen molar-refractivity contribution in [1.82, 2.24) is 0 Å². The standard InChI is InChI=1S/C16H15FO/c1-12-7-9-15(17)11-14(12)8-10-16(18)13-5-3-2-4-6-13/h2-7,9,11H,8,10H2,1H3. The third-order valence-electron chi connectivity index (χ3n) is 3.03. The molecule has 0 aliphatic heterocycles. The van der Waals surface area contributed by atoms with Crippen LogP contribution in [-0.2, 0) is 6.42 Å². The minimum atomic E-state index is -0.247. The Labute approximate surface area is 106 Å². The summed E-state index contributed by atoms with van der Waals surface area (Å²) in [4.78, 5) is 11.9. The summed E-state index contributed by atoms with van der Waals surface area (Å²) in [5.74, 6) is -0.151. The molecule has 92 valence electrons. The monoisotopic (exact) mass is 242 g/mol. The molecule has 0 aromatic heterocycles. The molecule has 0 radical (unpaired) electrons. The van der Waals surface area contributed by atoms with E-state index in [0.29, 0.717) is 18.4 Å². The zero-order valence-corrected chi connectivity index (χ0v) is 10.3. The Balaban J connectivity index is 2.04. The molecular weight excluding hydrogens is 227 g/mol. The van der Waals surface area contributed by atoms with Crippen LogP contribution in [0.4, 0.5) is 4.39 Å². The summed E-state index contributed by atoms with van der Waals surface area (Å²) in [6, 6.07) is 13.9. The molecule has 2 rings (SSSR count). The number of carbonyl (C=O) groups excluding carboxylic acids is 1. The van der Waals surface area contributed by atoms with Gasteiger partial charge < -0.3 is 0 Å². The maximum absolute atomic E-state index is 13.1. The minimum Gasteiger partial charge on any atom is -0.294 e. The maximum atomic E-state index is 13.1. The normalized spacial score (nSPS) is 10.3. The van der Waals surface area contributed by atoms with Gasteiger partial charge >= 0.3 is 0 Å². The minimum absolute atomic E-state index is 0.0965. The molecule has 2 heteroatoms. The average Bonchev–Trinajstić information content (AvgIpc) is 2.40. The van der Waals surface area contributed by atoms with Crippen LogP contribution >= 0.6 is 0 Å². The van der Waals surface area contributed by atoms with E-state index >= 15 is 0 Å². The highest BCUT2D eigenvalue weighted by Crippen LogP contribution is 2.14. The summed E-state index contributed by atoms with van der Waals surface area (Å²) in [6.45, 7) is 1.93. The van der Waals surface area contributed by atoms with Gasteiger partial charge in [0.05, 0.1) is 0 Å². The summed E-state index contributed by atoms with van der Waals surface area (Å²) in [6.07, 6.45) is 0.992. The highest BCUT2D eigenvalue weighted by molar-refractivity contribution is 5.96. The first kappa shape index (κ1) is 12.5. The SMILES string of the molecule is Cc1ccc(F)cc1CCC(=O)c1ccccc1. The van der Waals surface area contributed by atoms with Crippen LogP contribution in [0.25, 0.3) is 0 Å². The van der Waals surface area contributed by atoms with Crippen molar-refractivity contribution in [3.05, 3.63) is 71.0 Å². The molecule has 0 aliphatic rings. The third kappa shape index (κ3) is 3.04. The second-order valence-electron chi connectivity index (χ2n) is 4.36. The largest absolute Gasteiger partial charge is 0.294 e. The van der Waals surface area contributed by atoms with Crippen LogP contribution < -0.4 is 0 Å². The summed E-state index contributed by atoms with van der Waals surface area (Å²) in [5, 5.41) is 0. The van der Waals surface area contributed by atoms with Crippen LogP contribution in [0.1, 0.15) is 27.9 Å². The van der Waals surface area contributed by atoms with Gasteiger partial charge in [-0.3, -0.25) is 4.79 Å². The Morgan fingerprint density at radius 2 is 1.83 bits per heavy atom. The van der Waals surface area contributed by atoms with Crippen LogP contribution in [0, 0.1) is 12.7 Å². The van der Waals surface area contributed by atoms with Gasteiger partial charge in [0, 0.05) is 12.0 Å². The van der Waals surface area contributed by atoms with Gasteiger partial charge in [-0.05, 0) is 36.6 Å². The number of rotatable bonds is 4. The second kappa shape index (κ2) is 5.58. The fourth-order valence-electron chi connectivity index (χ4n) is 1.93. The molecule has 1 nitrogen and oxygen atoms in total. The van der Waals surface area contributed by atoms with Gasteiger partial charge in [-0.15, -0.1) is 0 Å². The number of Topliss-reactive ketones (excluding diaryl/α,β-unsaturated/α-hetero) is 1. The molecule has 0 amide bonds. The van der Waals surface area contributed by atoms with Crippen LogP contribution in [0.5, 0.6) is 0 Å². The molecule has 18 heavy (non-hydrogen) atoms. The second-order valence-corrected chi connectivity index (χ2v) is 4.36. The van der Waals surface area contributed by atoms with Gasteiger partial charge in [-0.1, -0.05) is 36.4 Å². The van der Waals surface area contributed by atoms with Gasteiger partial charge in [0.25, 0.3) is 0 Å². The van der Waals surface area contributed by atoms with E-state index < -0.39 is 0 Å².